The summed E-state index contributed by atoms with van der Waals surface area (Å²) in [6.07, 6.45) is 0. The first kappa shape index (κ1) is 31.7. The fraction of sp³-hybridized carbons (Fsp3) is 0. The molecule has 12 aromatic rings. The smallest absolute Gasteiger partial charge is 0.143 e. The number of hydrogen-bond donors (Lipinski definition) is 0. The summed E-state index contributed by atoms with van der Waals surface area (Å²) in [7, 11) is 0. The lowest BCUT2D eigenvalue weighted by Crippen LogP contribution is -2.11. The molecule has 3 nitrogen and oxygen atoms in total. The van der Waals surface area contributed by atoms with Gasteiger partial charge >= 0.3 is 0 Å². The first-order chi connectivity index (χ1) is 28.3. The Hall–Kier alpha value is -7.62. The van der Waals surface area contributed by atoms with E-state index in [2.05, 4.69) is 193 Å². The van der Waals surface area contributed by atoms with Gasteiger partial charge in [0.15, 0.2) is 0 Å². The van der Waals surface area contributed by atoms with Gasteiger partial charge in [-0.1, -0.05) is 146 Å². The Bertz CT molecular complexity index is 3530. The highest BCUT2D eigenvalue weighted by Crippen LogP contribution is 2.48. The molecule has 0 amide bonds. The zero-order valence-corrected chi connectivity index (χ0v) is 30.8. The topological polar surface area (TPSA) is 29.5 Å². The van der Waals surface area contributed by atoms with Crippen LogP contribution < -0.4 is 4.90 Å². The molecule has 0 N–H and O–H groups in total. The molecular formula is C54H33NO2. The van der Waals surface area contributed by atoms with Crippen molar-refractivity contribution in [1.29, 1.82) is 0 Å². The number of hydrogen-bond acceptors (Lipinski definition) is 3. The Balaban J connectivity index is 1.09. The van der Waals surface area contributed by atoms with Gasteiger partial charge in [0, 0.05) is 33.0 Å². The number of rotatable bonds is 5. The zero-order valence-electron chi connectivity index (χ0n) is 30.8. The summed E-state index contributed by atoms with van der Waals surface area (Å²) >= 11 is 0. The average molecular weight is 728 g/mol. The van der Waals surface area contributed by atoms with Gasteiger partial charge in [0.1, 0.15) is 22.3 Å². The lowest BCUT2D eigenvalue weighted by atomic mass is 9.93. The first-order valence-corrected chi connectivity index (χ1v) is 19.4. The third kappa shape index (κ3) is 4.92. The summed E-state index contributed by atoms with van der Waals surface area (Å²) in [6, 6.07) is 71.5. The molecule has 0 bridgehead atoms. The van der Waals surface area contributed by atoms with E-state index in [9.17, 15) is 0 Å². The molecular weight excluding hydrogens is 695 g/mol. The summed E-state index contributed by atoms with van der Waals surface area (Å²) in [6.45, 7) is 0. The van der Waals surface area contributed by atoms with Crippen LogP contribution in [0.5, 0.6) is 0 Å². The fourth-order valence-electron chi connectivity index (χ4n) is 9.03. The maximum absolute atomic E-state index is 6.80. The maximum Gasteiger partial charge on any atom is 0.143 e. The van der Waals surface area contributed by atoms with Gasteiger partial charge < -0.3 is 13.7 Å². The molecule has 3 heteroatoms. The molecule has 57 heavy (non-hydrogen) atoms. The van der Waals surface area contributed by atoms with Crippen LogP contribution in [0.4, 0.5) is 17.1 Å². The van der Waals surface area contributed by atoms with Gasteiger partial charge in [0.2, 0.25) is 0 Å². The predicted octanol–water partition coefficient (Wildman–Crippen LogP) is 15.7. The minimum atomic E-state index is 0.849. The Morgan fingerprint density at radius 1 is 0.316 bits per heavy atom. The van der Waals surface area contributed by atoms with E-state index in [0.29, 0.717) is 0 Å². The summed E-state index contributed by atoms with van der Waals surface area (Å²) in [5.74, 6) is 0. The lowest BCUT2D eigenvalue weighted by Gasteiger charge is -2.28. The Morgan fingerprint density at radius 2 is 0.930 bits per heavy atom. The van der Waals surface area contributed by atoms with E-state index >= 15 is 0 Å². The van der Waals surface area contributed by atoms with Gasteiger partial charge in [-0.15, -0.1) is 0 Å². The number of fused-ring (bicyclic) bond motifs is 10. The van der Waals surface area contributed by atoms with Crippen LogP contribution in [-0.4, -0.2) is 0 Å². The predicted molar refractivity (Wildman–Crippen MR) is 239 cm³/mol. The molecule has 2 aromatic heterocycles. The highest BCUT2D eigenvalue weighted by atomic mass is 16.3. The van der Waals surface area contributed by atoms with E-state index in [4.69, 9.17) is 8.83 Å². The Kier molecular flexibility index (Phi) is 6.93. The summed E-state index contributed by atoms with van der Waals surface area (Å²) in [4.78, 5) is 2.39. The van der Waals surface area contributed by atoms with Crippen molar-refractivity contribution in [2.75, 3.05) is 4.90 Å². The van der Waals surface area contributed by atoms with Crippen molar-refractivity contribution in [2.24, 2.45) is 0 Å². The summed E-state index contributed by atoms with van der Waals surface area (Å²) < 4.78 is 13.3. The standard InChI is InChI=1S/C54H33NO2/c1-2-14-36-33-52-47(31-35(36)13-1)44-22-11-21-43(54(44)57-52)42-19-7-9-23-48(42)55(49-24-12-26-51-53(49)45-20-8-10-25-50(45)56-51)38-29-27-34(28-30-38)46-32-37-15-3-4-16-39(37)40-17-5-6-18-41(40)46/h1-33H. The van der Waals surface area contributed by atoms with Crippen molar-refractivity contribution in [3.05, 3.63) is 200 Å². The zero-order chi connectivity index (χ0) is 37.5. The molecule has 0 saturated carbocycles. The van der Waals surface area contributed by atoms with Gasteiger partial charge in [0.25, 0.3) is 0 Å². The molecule has 0 unspecified atom stereocenters. The van der Waals surface area contributed by atoms with E-state index in [0.717, 1.165) is 77.5 Å². The quantitative estimate of drug-likeness (QED) is 0.165. The number of furan rings is 2. The van der Waals surface area contributed by atoms with Gasteiger partial charge in [0.05, 0.1) is 16.8 Å². The van der Waals surface area contributed by atoms with Crippen LogP contribution in [0, 0.1) is 0 Å². The minimum Gasteiger partial charge on any atom is -0.456 e. The average Bonchev–Trinajstić information content (AvgIpc) is 3.84. The van der Waals surface area contributed by atoms with Crippen LogP contribution in [0.1, 0.15) is 0 Å². The van der Waals surface area contributed by atoms with E-state index in [1.165, 1.54) is 38.1 Å². The van der Waals surface area contributed by atoms with Crippen molar-refractivity contribution in [2.45, 2.75) is 0 Å². The van der Waals surface area contributed by atoms with Crippen molar-refractivity contribution in [1.82, 2.24) is 0 Å². The Labute approximate surface area is 328 Å². The molecule has 2 heterocycles. The van der Waals surface area contributed by atoms with Gasteiger partial charge in [-0.2, -0.15) is 0 Å². The highest BCUT2D eigenvalue weighted by Gasteiger charge is 2.24. The van der Waals surface area contributed by atoms with Crippen molar-refractivity contribution >= 4 is 93.3 Å². The van der Waals surface area contributed by atoms with Gasteiger partial charge in [-0.05, 0) is 98.0 Å². The van der Waals surface area contributed by atoms with E-state index in [-0.39, 0.29) is 0 Å². The largest absolute Gasteiger partial charge is 0.456 e. The van der Waals surface area contributed by atoms with Crippen molar-refractivity contribution in [3.8, 4) is 22.3 Å². The first-order valence-electron chi connectivity index (χ1n) is 19.4. The van der Waals surface area contributed by atoms with E-state index in [1.807, 2.05) is 12.1 Å². The molecule has 266 valence electrons. The maximum atomic E-state index is 6.80. The fourth-order valence-corrected chi connectivity index (χ4v) is 9.03. The van der Waals surface area contributed by atoms with Crippen LogP contribution >= 0.6 is 0 Å². The Morgan fingerprint density at radius 3 is 1.79 bits per heavy atom. The minimum absolute atomic E-state index is 0.849. The molecule has 0 saturated heterocycles. The third-order valence-electron chi connectivity index (χ3n) is 11.6. The van der Waals surface area contributed by atoms with E-state index < -0.39 is 0 Å². The van der Waals surface area contributed by atoms with Crippen molar-refractivity contribution in [3.63, 3.8) is 0 Å². The van der Waals surface area contributed by atoms with Gasteiger partial charge in [-0.3, -0.25) is 0 Å². The normalized spacial score (nSPS) is 11.9. The molecule has 10 aromatic carbocycles. The van der Waals surface area contributed by atoms with Crippen LogP contribution in [0.2, 0.25) is 0 Å². The molecule has 0 aliphatic carbocycles. The SMILES string of the molecule is c1ccc(N(c2ccc(-c3cc4ccccc4c4ccccc34)cc2)c2cccc3oc4ccccc4c23)c(-c2cccc3c2oc2cc4ccccc4cc23)c1. The monoisotopic (exact) mass is 727 g/mol. The second-order valence-corrected chi connectivity index (χ2v) is 14.8. The van der Waals surface area contributed by atoms with Crippen LogP contribution in [-0.2, 0) is 0 Å². The third-order valence-corrected chi connectivity index (χ3v) is 11.6. The van der Waals surface area contributed by atoms with E-state index in [1.54, 1.807) is 0 Å². The van der Waals surface area contributed by atoms with Gasteiger partial charge in [-0.25, -0.2) is 0 Å². The number of nitrogens with zero attached hydrogens (tertiary/aromatic N) is 1. The molecule has 0 spiro atoms. The molecule has 12 rings (SSSR count). The number of benzene rings is 10. The number of para-hydroxylation sites is 3. The summed E-state index contributed by atoms with van der Waals surface area (Å²) in [5, 5.41) is 11.7. The van der Waals surface area contributed by atoms with Crippen LogP contribution in [0.3, 0.4) is 0 Å². The van der Waals surface area contributed by atoms with Crippen LogP contribution in [0.15, 0.2) is 209 Å². The van der Waals surface area contributed by atoms with Crippen molar-refractivity contribution < 1.29 is 8.83 Å². The number of anilines is 3. The van der Waals surface area contributed by atoms with Crippen LogP contribution in [0.25, 0.3) is 98.4 Å². The molecule has 0 aliphatic heterocycles. The molecule has 0 atom stereocenters. The molecule has 0 radical (unpaired) electrons. The summed E-state index contributed by atoms with van der Waals surface area (Å²) in [5.41, 5.74) is 11.1. The second kappa shape index (κ2) is 12.5. The lowest BCUT2D eigenvalue weighted by molar-refractivity contribution is 0.669. The molecule has 0 aliphatic rings. The highest BCUT2D eigenvalue weighted by molar-refractivity contribution is 6.17. The second-order valence-electron chi connectivity index (χ2n) is 14.8. The molecule has 0 fully saturated rings.